The molecular formula is C19H19F3N2O. The Kier molecular flexibility index (Phi) is 5.06. The number of halogens is 3. The van der Waals surface area contributed by atoms with Gasteiger partial charge in [0, 0.05) is 23.4 Å². The van der Waals surface area contributed by atoms with Crippen LogP contribution in [-0.4, -0.2) is 16.9 Å². The summed E-state index contributed by atoms with van der Waals surface area (Å²) < 4.78 is 38.4. The van der Waals surface area contributed by atoms with Gasteiger partial charge in [0.05, 0.1) is 11.3 Å². The molecule has 1 N–H and O–H groups in total. The normalized spacial score (nSPS) is 15.8. The first-order valence-electron chi connectivity index (χ1n) is 8.38. The van der Waals surface area contributed by atoms with Gasteiger partial charge in [-0.25, -0.2) is 0 Å². The summed E-state index contributed by atoms with van der Waals surface area (Å²) in [5.41, 5.74) is 0.535. The maximum atomic E-state index is 12.8. The molecule has 1 fully saturated rings. The minimum atomic E-state index is -4.41. The molecule has 0 atom stereocenters. The molecule has 3 nitrogen and oxygen atoms in total. The van der Waals surface area contributed by atoms with Gasteiger partial charge < -0.3 is 5.32 Å². The van der Waals surface area contributed by atoms with Crippen molar-refractivity contribution in [2.45, 2.75) is 44.3 Å². The van der Waals surface area contributed by atoms with Crippen molar-refractivity contribution in [3.05, 3.63) is 53.7 Å². The van der Waals surface area contributed by atoms with E-state index in [2.05, 4.69) is 10.3 Å². The summed E-state index contributed by atoms with van der Waals surface area (Å²) in [5.74, 6) is -0.143. The summed E-state index contributed by atoms with van der Waals surface area (Å²) in [7, 11) is 0. The molecule has 1 aromatic heterocycles. The van der Waals surface area contributed by atoms with Crippen molar-refractivity contribution in [1.29, 1.82) is 0 Å². The van der Waals surface area contributed by atoms with Crippen molar-refractivity contribution in [2.24, 2.45) is 0 Å². The lowest BCUT2D eigenvalue weighted by molar-refractivity contribution is -0.137. The smallest absolute Gasteiger partial charge is 0.349 e. The Labute approximate surface area is 144 Å². The van der Waals surface area contributed by atoms with E-state index in [0.717, 1.165) is 44.0 Å². The van der Waals surface area contributed by atoms with Gasteiger partial charge in [0.2, 0.25) is 0 Å². The number of aromatic nitrogens is 1. The molecule has 0 saturated heterocycles. The number of carbonyl (C=O) groups excluding carboxylic acids is 1. The van der Waals surface area contributed by atoms with E-state index in [4.69, 9.17) is 0 Å². The van der Waals surface area contributed by atoms with Gasteiger partial charge in [-0.3, -0.25) is 9.78 Å². The third-order valence-electron chi connectivity index (χ3n) is 4.47. The van der Waals surface area contributed by atoms with E-state index in [9.17, 15) is 18.0 Å². The summed E-state index contributed by atoms with van der Waals surface area (Å²) in [6.07, 6.45) is 2.20. The van der Waals surface area contributed by atoms with E-state index < -0.39 is 11.7 Å². The Morgan fingerprint density at radius 2 is 1.72 bits per heavy atom. The molecule has 0 bridgehead atoms. The van der Waals surface area contributed by atoms with Gasteiger partial charge in [0.25, 0.3) is 5.91 Å². The van der Waals surface area contributed by atoms with Crippen LogP contribution in [0.15, 0.2) is 42.6 Å². The van der Waals surface area contributed by atoms with Crippen LogP contribution in [0.3, 0.4) is 0 Å². The number of hydrogen-bond acceptors (Lipinski definition) is 2. The minimum Gasteiger partial charge on any atom is -0.349 e. The van der Waals surface area contributed by atoms with Crippen LogP contribution >= 0.6 is 0 Å². The summed E-state index contributed by atoms with van der Waals surface area (Å²) in [6.45, 7) is 0. The molecule has 0 aliphatic heterocycles. The maximum absolute atomic E-state index is 12.8. The van der Waals surface area contributed by atoms with Gasteiger partial charge in [0.1, 0.15) is 0 Å². The van der Waals surface area contributed by atoms with Gasteiger partial charge in [0.15, 0.2) is 0 Å². The number of nitrogens with zero attached hydrogens (tertiary/aromatic N) is 1. The Bertz CT molecular complexity index is 735. The summed E-state index contributed by atoms with van der Waals surface area (Å²) >= 11 is 0. The van der Waals surface area contributed by atoms with Crippen LogP contribution in [-0.2, 0) is 6.18 Å². The van der Waals surface area contributed by atoms with E-state index in [1.54, 1.807) is 24.3 Å². The van der Waals surface area contributed by atoms with Crippen LogP contribution < -0.4 is 5.32 Å². The van der Waals surface area contributed by atoms with Crippen molar-refractivity contribution < 1.29 is 18.0 Å². The molecule has 25 heavy (non-hydrogen) atoms. The number of amides is 1. The second-order valence-electron chi connectivity index (χ2n) is 6.31. The van der Waals surface area contributed by atoms with Gasteiger partial charge in [-0.1, -0.05) is 31.4 Å². The first-order valence-corrected chi connectivity index (χ1v) is 8.38. The molecule has 0 radical (unpaired) electrons. The first-order chi connectivity index (χ1) is 11.9. The van der Waals surface area contributed by atoms with Gasteiger partial charge in [-0.2, -0.15) is 13.2 Å². The number of benzene rings is 1. The molecule has 132 valence electrons. The van der Waals surface area contributed by atoms with E-state index in [-0.39, 0.29) is 17.6 Å². The van der Waals surface area contributed by atoms with Crippen molar-refractivity contribution in [3.8, 4) is 11.3 Å². The first kappa shape index (κ1) is 17.5. The monoisotopic (exact) mass is 348 g/mol. The molecule has 1 saturated carbocycles. The molecule has 2 aromatic rings. The molecule has 0 unspecified atom stereocenters. The standard InChI is InChI=1S/C19H19F3N2O/c20-19(21,22)15-10-11-23-17(12-15)13-6-8-14(9-7-13)18(25)24-16-4-2-1-3-5-16/h6-12,16H,1-5H2,(H,24,25). The number of rotatable bonds is 3. The van der Waals surface area contributed by atoms with Crippen molar-refractivity contribution in [1.82, 2.24) is 10.3 Å². The van der Waals surface area contributed by atoms with Crippen LogP contribution in [0.4, 0.5) is 13.2 Å². The van der Waals surface area contributed by atoms with E-state index in [0.29, 0.717) is 11.1 Å². The van der Waals surface area contributed by atoms with Crippen LogP contribution in [0.2, 0.25) is 0 Å². The third kappa shape index (κ3) is 4.38. The highest BCUT2D eigenvalue weighted by Gasteiger charge is 2.30. The number of carbonyl (C=O) groups is 1. The molecule has 1 aliphatic rings. The van der Waals surface area contributed by atoms with E-state index in [1.807, 2.05) is 0 Å². The summed E-state index contributed by atoms with van der Waals surface area (Å²) in [4.78, 5) is 16.3. The highest BCUT2D eigenvalue weighted by molar-refractivity contribution is 5.94. The molecule has 3 rings (SSSR count). The fourth-order valence-electron chi connectivity index (χ4n) is 3.07. The summed E-state index contributed by atoms with van der Waals surface area (Å²) in [6, 6.07) is 8.65. The SMILES string of the molecule is O=C(NC1CCCCC1)c1ccc(-c2cc(C(F)(F)F)ccn2)cc1. The fraction of sp³-hybridized carbons (Fsp3) is 0.368. The highest BCUT2D eigenvalue weighted by atomic mass is 19.4. The molecular weight excluding hydrogens is 329 g/mol. The predicted molar refractivity (Wildman–Crippen MR) is 89.0 cm³/mol. The molecule has 1 aromatic carbocycles. The molecule has 6 heteroatoms. The van der Waals surface area contributed by atoms with Crippen molar-refractivity contribution >= 4 is 5.91 Å². The lowest BCUT2D eigenvalue weighted by Gasteiger charge is -2.22. The van der Waals surface area contributed by atoms with Gasteiger partial charge in [-0.15, -0.1) is 0 Å². The van der Waals surface area contributed by atoms with Crippen LogP contribution in [0, 0.1) is 0 Å². The molecule has 1 amide bonds. The Morgan fingerprint density at radius 1 is 1.04 bits per heavy atom. The summed E-state index contributed by atoms with van der Waals surface area (Å²) in [5, 5.41) is 3.02. The second-order valence-corrected chi connectivity index (χ2v) is 6.31. The quantitative estimate of drug-likeness (QED) is 0.863. The zero-order chi connectivity index (χ0) is 17.9. The Balaban J connectivity index is 1.72. The van der Waals surface area contributed by atoms with Gasteiger partial charge >= 0.3 is 6.18 Å². The predicted octanol–water partition coefficient (Wildman–Crippen LogP) is 4.83. The lowest BCUT2D eigenvalue weighted by Crippen LogP contribution is -2.36. The van der Waals surface area contributed by atoms with Crippen LogP contribution in [0.5, 0.6) is 0 Å². The maximum Gasteiger partial charge on any atom is 0.416 e. The van der Waals surface area contributed by atoms with Crippen LogP contribution in [0.1, 0.15) is 48.0 Å². The van der Waals surface area contributed by atoms with Gasteiger partial charge in [-0.05, 0) is 37.1 Å². The van der Waals surface area contributed by atoms with Crippen molar-refractivity contribution in [2.75, 3.05) is 0 Å². The largest absolute Gasteiger partial charge is 0.416 e. The second kappa shape index (κ2) is 7.25. The molecule has 1 aliphatic carbocycles. The minimum absolute atomic E-state index is 0.143. The fourth-order valence-corrected chi connectivity index (χ4v) is 3.07. The average Bonchev–Trinajstić information content (AvgIpc) is 2.62. The zero-order valence-corrected chi connectivity index (χ0v) is 13.6. The topological polar surface area (TPSA) is 42.0 Å². The van der Waals surface area contributed by atoms with Crippen molar-refractivity contribution in [3.63, 3.8) is 0 Å². The van der Waals surface area contributed by atoms with Crippen LogP contribution in [0.25, 0.3) is 11.3 Å². The van der Waals surface area contributed by atoms with E-state index in [1.165, 1.54) is 6.42 Å². The number of hydrogen-bond donors (Lipinski definition) is 1. The Morgan fingerprint density at radius 3 is 2.36 bits per heavy atom. The third-order valence-corrected chi connectivity index (χ3v) is 4.47. The van der Waals surface area contributed by atoms with E-state index >= 15 is 0 Å². The average molecular weight is 348 g/mol. The Hall–Kier alpha value is -2.37. The number of nitrogens with one attached hydrogen (secondary N) is 1. The molecule has 0 spiro atoms. The zero-order valence-electron chi connectivity index (χ0n) is 13.6. The molecule has 1 heterocycles. The highest BCUT2D eigenvalue weighted by Crippen LogP contribution is 2.31. The lowest BCUT2D eigenvalue weighted by atomic mass is 9.95. The number of alkyl halides is 3. The number of pyridine rings is 1.